The molecule has 0 saturated carbocycles. The third-order valence-electron chi connectivity index (χ3n) is 4.00. The minimum absolute atomic E-state index is 0. The Balaban J connectivity index is 0.00000180. The van der Waals surface area contributed by atoms with E-state index in [2.05, 4.69) is 11.0 Å². The topological polar surface area (TPSA) is 44.1 Å². The lowest BCUT2D eigenvalue weighted by molar-refractivity contribution is -0.114. The molecule has 1 aliphatic rings. The zero-order valence-corrected chi connectivity index (χ0v) is 11.9. The Morgan fingerprint density at radius 2 is 1.89 bits per heavy atom. The van der Waals surface area contributed by atoms with Crippen LogP contribution in [0.4, 0.5) is 0 Å². The number of likely N-dealkylation sites (tertiary alicyclic amines) is 1. The number of hydrogen-bond acceptors (Lipinski definition) is 3. The Morgan fingerprint density at radius 1 is 1.32 bits per heavy atom. The van der Waals surface area contributed by atoms with Crippen molar-refractivity contribution in [1.29, 1.82) is 5.26 Å². The van der Waals surface area contributed by atoms with Gasteiger partial charge in [0.1, 0.15) is 6.29 Å². The quantitative estimate of drug-likeness (QED) is 0.798. The van der Waals surface area contributed by atoms with Crippen LogP contribution in [0.2, 0.25) is 0 Å². The van der Waals surface area contributed by atoms with Crippen molar-refractivity contribution in [3.8, 4) is 6.07 Å². The number of carbonyl (C=O) groups is 1. The molecule has 2 rings (SSSR count). The van der Waals surface area contributed by atoms with Crippen LogP contribution in [-0.4, -0.2) is 30.3 Å². The second kappa shape index (κ2) is 6.70. The molecule has 1 unspecified atom stereocenters. The molecule has 1 saturated heterocycles. The number of benzene rings is 1. The van der Waals surface area contributed by atoms with E-state index in [-0.39, 0.29) is 23.9 Å². The molecule has 0 N–H and O–H groups in total. The molecule has 1 fully saturated rings. The molecule has 1 atom stereocenters. The summed E-state index contributed by atoms with van der Waals surface area (Å²) in [6.07, 6.45) is 2.69. The van der Waals surface area contributed by atoms with Gasteiger partial charge in [0.2, 0.25) is 0 Å². The lowest BCUT2D eigenvalue weighted by Gasteiger charge is -2.39. The van der Waals surface area contributed by atoms with Crippen molar-refractivity contribution >= 4 is 18.7 Å². The molecular weight excluding hydrogens is 260 g/mol. The predicted octanol–water partition coefficient (Wildman–Crippen LogP) is 2.55. The fourth-order valence-corrected chi connectivity index (χ4v) is 2.64. The fourth-order valence-electron chi connectivity index (χ4n) is 2.64. The Morgan fingerprint density at radius 3 is 2.37 bits per heavy atom. The third kappa shape index (κ3) is 3.15. The van der Waals surface area contributed by atoms with Crippen molar-refractivity contribution in [3.05, 3.63) is 35.9 Å². The van der Waals surface area contributed by atoms with Crippen molar-refractivity contribution in [2.45, 2.75) is 31.2 Å². The van der Waals surface area contributed by atoms with Crippen molar-refractivity contribution in [1.82, 2.24) is 4.90 Å². The van der Waals surface area contributed by atoms with E-state index in [1.54, 1.807) is 0 Å². The average Bonchev–Trinajstić information content (AvgIpc) is 2.47. The van der Waals surface area contributed by atoms with Crippen LogP contribution in [0.3, 0.4) is 0 Å². The van der Waals surface area contributed by atoms with Crippen LogP contribution in [0.5, 0.6) is 0 Å². The largest absolute Gasteiger partial charge is 0.302 e. The first-order valence-electron chi connectivity index (χ1n) is 6.37. The molecule has 0 aliphatic carbocycles. The number of nitrogens with zero attached hydrogens (tertiary/aromatic N) is 2. The monoisotopic (exact) mass is 278 g/mol. The molecule has 0 aromatic heterocycles. The highest BCUT2D eigenvalue weighted by Gasteiger charge is 2.36. The summed E-state index contributed by atoms with van der Waals surface area (Å²) in [7, 11) is 0. The van der Waals surface area contributed by atoms with Gasteiger partial charge in [-0.25, -0.2) is 0 Å². The van der Waals surface area contributed by atoms with Gasteiger partial charge in [-0.3, -0.25) is 4.90 Å². The maximum Gasteiger partial charge on any atom is 0.130 e. The summed E-state index contributed by atoms with van der Waals surface area (Å²) < 4.78 is 0. The Hall–Kier alpha value is -1.37. The van der Waals surface area contributed by atoms with Crippen molar-refractivity contribution < 1.29 is 4.79 Å². The van der Waals surface area contributed by atoms with Crippen LogP contribution in [0.15, 0.2) is 30.3 Å². The summed E-state index contributed by atoms with van der Waals surface area (Å²) in [4.78, 5) is 13.7. The number of halogens is 1. The van der Waals surface area contributed by atoms with Gasteiger partial charge in [0.05, 0.1) is 17.5 Å². The molecule has 0 radical (unpaired) electrons. The molecule has 0 spiro atoms. The van der Waals surface area contributed by atoms with Crippen molar-refractivity contribution in [2.24, 2.45) is 0 Å². The maximum atomic E-state index is 11.5. The molecule has 1 aromatic rings. The molecular formula is C15H19ClN2O. The molecule has 19 heavy (non-hydrogen) atoms. The van der Waals surface area contributed by atoms with E-state index < -0.39 is 0 Å². The lowest BCUT2D eigenvalue weighted by Crippen LogP contribution is -2.46. The third-order valence-corrected chi connectivity index (χ3v) is 4.00. The average molecular weight is 279 g/mol. The second-order valence-corrected chi connectivity index (χ2v) is 4.98. The summed E-state index contributed by atoms with van der Waals surface area (Å²) in [6.45, 7) is 3.53. The minimum atomic E-state index is -0.354. The van der Waals surface area contributed by atoms with Crippen LogP contribution in [0.1, 0.15) is 25.3 Å². The lowest BCUT2D eigenvalue weighted by atomic mass is 9.74. The Bertz CT molecular complexity index is 447. The van der Waals surface area contributed by atoms with Gasteiger partial charge in [-0.2, -0.15) is 5.26 Å². The molecule has 3 nitrogen and oxygen atoms in total. The smallest absolute Gasteiger partial charge is 0.130 e. The van der Waals surface area contributed by atoms with E-state index in [1.807, 2.05) is 37.3 Å². The van der Waals surface area contributed by atoms with E-state index in [0.717, 1.165) is 37.8 Å². The first kappa shape index (κ1) is 15.7. The summed E-state index contributed by atoms with van der Waals surface area (Å²) in [5, 5.41) is 8.93. The normalized spacial score (nSPS) is 19.8. The minimum Gasteiger partial charge on any atom is -0.302 e. The van der Waals surface area contributed by atoms with E-state index in [9.17, 15) is 4.79 Å². The number of nitriles is 1. The standard InChI is InChI=1S/C15H18N2O.ClH/c1-13(11-16)17-9-7-15(12-18,8-10-17)14-5-3-2-4-6-14;/h2-6,12-13H,7-10H2,1H3;1H. The Labute approximate surface area is 120 Å². The summed E-state index contributed by atoms with van der Waals surface area (Å²) in [5.74, 6) is 0. The fraction of sp³-hybridized carbons (Fsp3) is 0.467. The zero-order chi connectivity index (χ0) is 13.0. The van der Waals surface area contributed by atoms with Gasteiger partial charge in [0, 0.05) is 13.1 Å². The highest BCUT2D eigenvalue weighted by atomic mass is 35.5. The number of piperidine rings is 1. The van der Waals surface area contributed by atoms with Crippen molar-refractivity contribution in [2.75, 3.05) is 13.1 Å². The summed E-state index contributed by atoms with van der Waals surface area (Å²) in [5.41, 5.74) is 0.747. The molecule has 4 heteroatoms. The van der Waals surface area contributed by atoms with Gasteiger partial charge in [-0.05, 0) is 25.3 Å². The number of aldehydes is 1. The van der Waals surface area contributed by atoms with Crippen LogP contribution < -0.4 is 0 Å². The predicted molar refractivity (Wildman–Crippen MR) is 77.3 cm³/mol. The van der Waals surface area contributed by atoms with Gasteiger partial charge in [0.25, 0.3) is 0 Å². The van der Waals surface area contributed by atoms with E-state index in [4.69, 9.17) is 5.26 Å². The summed E-state index contributed by atoms with van der Waals surface area (Å²) >= 11 is 0. The SMILES string of the molecule is CC(C#N)N1CCC(C=O)(c2ccccc2)CC1.Cl. The van der Waals surface area contributed by atoms with Crippen LogP contribution in [0.25, 0.3) is 0 Å². The van der Waals surface area contributed by atoms with Crippen LogP contribution in [0, 0.1) is 11.3 Å². The van der Waals surface area contributed by atoms with Crippen LogP contribution >= 0.6 is 12.4 Å². The first-order valence-corrected chi connectivity index (χ1v) is 6.37. The van der Waals surface area contributed by atoms with E-state index >= 15 is 0 Å². The number of carbonyl (C=O) groups excluding carboxylic acids is 1. The Kier molecular flexibility index (Phi) is 5.53. The van der Waals surface area contributed by atoms with Gasteiger partial charge >= 0.3 is 0 Å². The molecule has 102 valence electrons. The van der Waals surface area contributed by atoms with Gasteiger partial charge in [-0.1, -0.05) is 30.3 Å². The number of hydrogen-bond donors (Lipinski definition) is 0. The van der Waals surface area contributed by atoms with Gasteiger partial charge in [-0.15, -0.1) is 12.4 Å². The molecule has 0 bridgehead atoms. The van der Waals surface area contributed by atoms with Gasteiger partial charge < -0.3 is 4.79 Å². The molecule has 0 amide bonds. The van der Waals surface area contributed by atoms with Gasteiger partial charge in [0.15, 0.2) is 0 Å². The van der Waals surface area contributed by atoms with Crippen molar-refractivity contribution in [3.63, 3.8) is 0 Å². The molecule has 1 aromatic carbocycles. The second-order valence-electron chi connectivity index (χ2n) is 4.98. The summed E-state index contributed by atoms with van der Waals surface area (Å²) in [6, 6.07) is 12.2. The van der Waals surface area contributed by atoms with E-state index in [0.29, 0.717) is 0 Å². The molecule has 1 heterocycles. The maximum absolute atomic E-state index is 11.5. The first-order chi connectivity index (χ1) is 8.72. The zero-order valence-electron chi connectivity index (χ0n) is 11.1. The highest BCUT2D eigenvalue weighted by molar-refractivity contribution is 5.85. The molecule has 1 aliphatic heterocycles. The number of rotatable bonds is 3. The van der Waals surface area contributed by atoms with Crippen LogP contribution in [-0.2, 0) is 10.2 Å². The highest BCUT2D eigenvalue weighted by Crippen LogP contribution is 2.33. The van der Waals surface area contributed by atoms with E-state index in [1.165, 1.54) is 0 Å².